The van der Waals surface area contributed by atoms with Crippen LogP contribution in [0.5, 0.6) is 0 Å². The Balaban J connectivity index is 2.11. The highest BCUT2D eigenvalue weighted by atomic mass is 15.1. The van der Waals surface area contributed by atoms with Crippen molar-refractivity contribution in [2.75, 3.05) is 25.5 Å². The van der Waals surface area contributed by atoms with Crippen molar-refractivity contribution in [2.45, 2.75) is 19.3 Å². The number of anilines is 1. The fraction of sp³-hybridized carbons (Fsp3) is 0.538. The summed E-state index contributed by atoms with van der Waals surface area (Å²) in [5.41, 5.74) is 8.94. The highest BCUT2D eigenvalue weighted by Gasteiger charge is 2.40. The summed E-state index contributed by atoms with van der Waals surface area (Å²) in [5, 5.41) is 0. The first-order valence-corrected chi connectivity index (χ1v) is 5.62. The molecule has 0 spiro atoms. The zero-order valence-corrected chi connectivity index (χ0v) is 9.66. The van der Waals surface area contributed by atoms with Gasteiger partial charge >= 0.3 is 0 Å². The molecule has 0 atom stereocenters. The van der Waals surface area contributed by atoms with E-state index in [2.05, 4.69) is 43.3 Å². The average molecular weight is 204 g/mol. The van der Waals surface area contributed by atoms with E-state index in [0.29, 0.717) is 5.41 Å². The maximum absolute atomic E-state index is 5.80. The summed E-state index contributed by atoms with van der Waals surface area (Å²) in [7, 11) is 4.16. The summed E-state index contributed by atoms with van der Waals surface area (Å²) in [5.74, 6) is 0. The summed E-state index contributed by atoms with van der Waals surface area (Å²) < 4.78 is 0. The lowest BCUT2D eigenvalue weighted by Crippen LogP contribution is -2.18. The zero-order chi connectivity index (χ0) is 10.9. The number of nitrogens with zero attached hydrogens (tertiary/aromatic N) is 1. The molecule has 1 aliphatic carbocycles. The Labute approximate surface area is 92.1 Å². The Morgan fingerprint density at radius 3 is 2.60 bits per heavy atom. The molecule has 82 valence electrons. The van der Waals surface area contributed by atoms with E-state index in [0.717, 1.165) is 13.0 Å². The summed E-state index contributed by atoms with van der Waals surface area (Å²) in [6, 6.07) is 8.77. The van der Waals surface area contributed by atoms with Gasteiger partial charge in [0.05, 0.1) is 0 Å². The van der Waals surface area contributed by atoms with Crippen molar-refractivity contribution in [1.29, 1.82) is 0 Å². The highest BCUT2D eigenvalue weighted by Crippen LogP contribution is 2.47. The van der Waals surface area contributed by atoms with E-state index >= 15 is 0 Å². The molecule has 1 aromatic carbocycles. The third-order valence-corrected chi connectivity index (χ3v) is 3.40. The maximum atomic E-state index is 5.80. The van der Waals surface area contributed by atoms with Crippen molar-refractivity contribution >= 4 is 5.69 Å². The van der Waals surface area contributed by atoms with Gasteiger partial charge in [0.15, 0.2) is 0 Å². The third kappa shape index (κ3) is 2.32. The van der Waals surface area contributed by atoms with Crippen LogP contribution in [0.2, 0.25) is 0 Å². The molecule has 0 aliphatic heterocycles. The number of hydrogen-bond donors (Lipinski definition) is 1. The molecule has 1 aliphatic rings. The van der Waals surface area contributed by atoms with E-state index in [-0.39, 0.29) is 0 Å². The average Bonchev–Trinajstić information content (AvgIpc) is 2.99. The van der Waals surface area contributed by atoms with Gasteiger partial charge < -0.3 is 10.6 Å². The van der Waals surface area contributed by atoms with Crippen LogP contribution in [-0.2, 0) is 6.42 Å². The fourth-order valence-corrected chi connectivity index (χ4v) is 2.01. The number of hydrogen-bond acceptors (Lipinski definition) is 2. The van der Waals surface area contributed by atoms with Crippen molar-refractivity contribution in [3.8, 4) is 0 Å². The van der Waals surface area contributed by atoms with Gasteiger partial charge in [0.1, 0.15) is 0 Å². The molecule has 15 heavy (non-hydrogen) atoms. The molecule has 1 aromatic rings. The van der Waals surface area contributed by atoms with Gasteiger partial charge in [-0.1, -0.05) is 12.1 Å². The first-order valence-electron chi connectivity index (χ1n) is 5.62. The largest absolute Gasteiger partial charge is 0.378 e. The van der Waals surface area contributed by atoms with E-state index in [1.807, 2.05) is 0 Å². The minimum absolute atomic E-state index is 0.435. The predicted octanol–water partition coefficient (Wildman–Crippen LogP) is 2.03. The van der Waals surface area contributed by atoms with Crippen LogP contribution < -0.4 is 10.6 Å². The van der Waals surface area contributed by atoms with Gasteiger partial charge in [-0.05, 0) is 48.9 Å². The SMILES string of the molecule is CN(C)c1cccc(CC2(CN)CC2)c1. The number of benzene rings is 1. The highest BCUT2D eigenvalue weighted by molar-refractivity contribution is 5.47. The minimum Gasteiger partial charge on any atom is -0.378 e. The molecule has 2 nitrogen and oxygen atoms in total. The molecule has 1 fully saturated rings. The lowest BCUT2D eigenvalue weighted by atomic mass is 9.96. The molecule has 2 rings (SSSR count). The maximum Gasteiger partial charge on any atom is 0.0363 e. The molecular weight excluding hydrogens is 184 g/mol. The van der Waals surface area contributed by atoms with Crippen LogP contribution in [0.4, 0.5) is 5.69 Å². The smallest absolute Gasteiger partial charge is 0.0363 e. The van der Waals surface area contributed by atoms with Gasteiger partial charge in [0, 0.05) is 19.8 Å². The summed E-state index contributed by atoms with van der Waals surface area (Å²) >= 11 is 0. The number of nitrogens with two attached hydrogens (primary N) is 1. The van der Waals surface area contributed by atoms with Crippen molar-refractivity contribution < 1.29 is 0 Å². The standard InChI is InChI=1S/C13H20N2/c1-15(2)12-5-3-4-11(8-12)9-13(10-14)6-7-13/h3-5,8H,6-7,9-10,14H2,1-2H3. The predicted molar refractivity (Wildman–Crippen MR) is 65.2 cm³/mol. The molecule has 0 saturated heterocycles. The van der Waals surface area contributed by atoms with Crippen LogP contribution in [0.3, 0.4) is 0 Å². The van der Waals surface area contributed by atoms with Crippen LogP contribution in [0.25, 0.3) is 0 Å². The van der Waals surface area contributed by atoms with E-state index in [1.165, 1.54) is 24.1 Å². The Kier molecular flexibility index (Phi) is 2.70. The van der Waals surface area contributed by atoms with Crippen molar-refractivity contribution in [2.24, 2.45) is 11.1 Å². The van der Waals surface area contributed by atoms with Crippen molar-refractivity contribution in [1.82, 2.24) is 0 Å². The van der Waals surface area contributed by atoms with Crippen LogP contribution in [-0.4, -0.2) is 20.6 Å². The van der Waals surface area contributed by atoms with Crippen LogP contribution >= 0.6 is 0 Å². The summed E-state index contributed by atoms with van der Waals surface area (Å²) in [6.45, 7) is 0.833. The van der Waals surface area contributed by atoms with E-state index in [1.54, 1.807) is 0 Å². The molecule has 0 bridgehead atoms. The first-order chi connectivity index (χ1) is 7.15. The van der Waals surface area contributed by atoms with Crippen LogP contribution in [0, 0.1) is 5.41 Å². The second kappa shape index (κ2) is 3.86. The van der Waals surface area contributed by atoms with Gasteiger partial charge in [0.25, 0.3) is 0 Å². The molecule has 0 amide bonds. The second-order valence-electron chi connectivity index (χ2n) is 4.95. The first kappa shape index (κ1) is 10.5. The third-order valence-electron chi connectivity index (χ3n) is 3.40. The molecular formula is C13H20N2. The topological polar surface area (TPSA) is 29.3 Å². The lowest BCUT2D eigenvalue weighted by Gasteiger charge is -2.16. The molecule has 0 aromatic heterocycles. The minimum atomic E-state index is 0.435. The number of rotatable bonds is 4. The fourth-order valence-electron chi connectivity index (χ4n) is 2.01. The second-order valence-corrected chi connectivity index (χ2v) is 4.95. The van der Waals surface area contributed by atoms with Gasteiger partial charge in [0.2, 0.25) is 0 Å². The molecule has 2 heteroatoms. The Morgan fingerprint density at radius 2 is 2.07 bits per heavy atom. The van der Waals surface area contributed by atoms with Gasteiger partial charge in [-0.15, -0.1) is 0 Å². The monoisotopic (exact) mass is 204 g/mol. The van der Waals surface area contributed by atoms with Crippen LogP contribution in [0.15, 0.2) is 24.3 Å². The van der Waals surface area contributed by atoms with Gasteiger partial charge in [-0.3, -0.25) is 0 Å². The molecule has 2 N–H and O–H groups in total. The van der Waals surface area contributed by atoms with Gasteiger partial charge in [-0.2, -0.15) is 0 Å². The zero-order valence-electron chi connectivity index (χ0n) is 9.66. The molecule has 0 radical (unpaired) electrons. The lowest BCUT2D eigenvalue weighted by molar-refractivity contribution is 0.521. The quantitative estimate of drug-likeness (QED) is 0.813. The molecule has 0 unspecified atom stereocenters. The summed E-state index contributed by atoms with van der Waals surface area (Å²) in [4.78, 5) is 2.14. The Morgan fingerprint density at radius 1 is 1.33 bits per heavy atom. The Hall–Kier alpha value is -1.02. The molecule has 0 heterocycles. The van der Waals surface area contributed by atoms with Crippen LogP contribution in [0.1, 0.15) is 18.4 Å². The normalized spacial score (nSPS) is 17.5. The van der Waals surface area contributed by atoms with Crippen molar-refractivity contribution in [3.63, 3.8) is 0 Å². The van der Waals surface area contributed by atoms with E-state index in [4.69, 9.17) is 5.73 Å². The van der Waals surface area contributed by atoms with Gasteiger partial charge in [-0.25, -0.2) is 0 Å². The van der Waals surface area contributed by atoms with E-state index < -0.39 is 0 Å². The van der Waals surface area contributed by atoms with Crippen molar-refractivity contribution in [3.05, 3.63) is 29.8 Å². The molecule has 1 saturated carbocycles. The summed E-state index contributed by atoms with van der Waals surface area (Å²) in [6.07, 6.45) is 3.75. The van der Waals surface area contributed by atoms with E-state index in [9.17, 15) is 0 Å². The Bertz CT molecular complexity index is 340.